The molecule has 0 radical (unpaired) electrons. The van der Waals surface area contributed by atoms with E-state index in [1.54, 1.807) is 118 Å². The average molecular weight is 1130 g/mol. The van der Waals surface area contributed by atoms with E-state index in [9.17, 15) is 36.0 Å². The Morgan fingerprint density at radius 1 is 0.456 bits per heavy atom. The van der Waals surface area contributed by atoms with Crippen molar-refractivity contribution < 1.29 is 40.6 Å². The molecule has 79 heavy (non-hydrogen) atoms. The fraction of sp³-hybridized carbons (Fsp3) is 0.419. The van der Waals surface area contributed by atoms with E-state index in [1.165, 1.54) is 0 Å². The summed E-state index contributed by atoms with van der Waals surface area (Å²) in [7, 11) is -12.1. The van der Waals surface area contributed by atoms with E-state index in [0.717, 1.165) is 32.7 Å². The number of sulfone groups is 2. The first-order valence-corrected chi connectivity index (χ1v) is 32.3. The molecule has 0 spiro atoms. The van der Waals surface area contributed by atoms with Crippen molar-refractivity contribution in [1.29, 1.82) is 0 Å². The molecule has 6 rings (SSSR count). The predicted molar refractivity (Wildman–Crippen MR) is 319 cm³/mol. The van der Waals surface area contributed by atoms with Crippen molar-refractivity contribution in [2.45, 2.75) is 128 Å². The third kappa shape index (κ3) is 16.2. The van der Waals surface area contributed by atoms with Crippen LogP contribution >= 0.6 is 7.29 Å². The van der Waals surface area contributed by atoms with Crippen LogP contribution in [0.3, 0.4) is 0 Å². The Bertz CT molecular complexity index is 3370. The molecule has 0 aliphatic rings. The topological polar surface area (TPSA) is 228 Å². The second kappa shape index (κ2) is 25.9. The molecule has 0 saturated heterocycles. The Hall–Kier alpha value is -6.19. The van der Waals surface area contributed by atoms with Gasteiger partial charge >= 0.3 is 0 Å². The van der Waals surface area contributed by atoms with Crippen LogP contribution in [-0.4, -0.2) is 85.1 Å². The highest BCUT2D eigenvalue weighted by molar-refractivity contribution is 7.93. The number of hydrogen-bond acceptors (Lipinski definition) is 9. The maximum Gasteiger partial charge on any atom is 0.243 e. The van der Waals surface area contributed by atoms with Crippen LogP contribution in [0.15, 0.2) is 146 Å². The number of rotatable bonds is 24. The SMILES string of the molecule is CC(C)[C@H](NC(=O)[C@H](Cc1ccc2ccccc2c1)CS(=O)(=O)C(C)(C)C)C(=O)N[C@@H](Cc1ccccc1)P(N)(=O)[C@H](Cc1ccccc1)NC(=O)[C@@H](NC(=O)[C@@H](Cc1cccc2ccccc12)CS(=O)(=O)C(C)(C)C)C(C)C. The molecular formula is C62H80N5O9PS2. The summed E-state index contributed by atoms with van der Waals surface area (Å²) in [6.45, 7) is 16.4. The molecule has 1 unspecified atom stereocenters. The maximum atomic E-state index is 15.9. The number of benzene rings is 6. The zero-order valence-electron chi connectivity index (χ0n) is 47.2. The summed E-state index contributed by atoms with van der Waals surface area (Å²) >= 11 is 0. The van der Waals surface area contributed by atoms with E-state index in [-0.39, 0.29) is 25.7 Å². The van der Waals surface area contributed by atoms with Gasteiger partial charge in [-0.1, -0.05) is 173 Å². The largest absolute Gasteiger partial charge is 0.344 e. The fourth-order valence-electron chi connectivity index (χ4n) is 9.47. The monoisotopic (exact) mass is 1130 g/mol. The zero-order valence-corrected chi connectivity index (χ0v) is 49.8. The number of nitrogens with two attached hydrogens (primary N) is 1. The van der Waals surface area contributed by atoms with Crippen LogP contribution in [0, 0.1) is 23.7 Å². The van der Waals surface area contributed by atoms with E-state index in [4.69, 9.17) is 5.50 Å². The lowest BCUT2D eigenvalue weighted by Crippen LogP contribution is -2.57. The highest BCUT2D eigenvalue weighted by Gasteiger charge is 2.44. The van der Waals surface area contributed by atoms with E-state index in [2.05, 4.69) is 21.3 Å². The summed E-state index contributed by atoms with van der Waals surface area (Å²) in [5.74, 6) is -9.76. The number of amides is 4. The summed E-state index contributed by atoms with van der Waals surface area (Å²) in [6, 6.07) is 42.1. The molecule has 0 saturated carbocycles. The van der Waals surface area contributed by atoms with Crippen molar-refractivity contribution in [2.24, 2.45) is 29.2 Å². The third-order valence-electron chi connectivity index (χ3n) is 14.7. The number of hydrogen-bond donors (Lipinski definition) is 5. The smallest absolute Gasteiger partial charge is 0.243 e. The molecule has 6 aromatic carbocycles. The third-order valence-corrected chi connectivity index (χ3v) is 22.7. The van der Waals surface area contributed by atoms with Gasteiger partial charge < -0.3 is 25.8 Å². The minimum absolute atomic E-state index is 0.0584. The molecule has 6 aromatic rings. The minimum atomic E-state index is -4.37. The van der Waals surface area contributed by atoms with Gasteiger partial charge in [-0.05, 0) is 110 Å². The van der Waals surface area contributed by atoms with Crippen molar-refractivity contribution >= 4 is 72.1 Å². The highest BCUT2D eigenvalue weighted by Crippen LogP contribution is 2.48. The molecule has 0 aliphatic carbocycles. The molecule has 424 valence electrons. The molecule has 6 N–H and O–H groups in total. The zero-order chi connectivity index (χ0) is 58.1. The molecule has 0 aliphatic heterocycles. The van der Waals surface area contributed by atoms with Gasteiger partial charge in [-0.3, -0.25) is 24.7 Å². The Labute approximate surface area is 468 Å². The lowest BCUT2D eigenvalue weighted by atomic mass is 9.94. The van der Waals surface area contributed by atoms with Crippen LogP contribution in [0.1, 0.15) is 91.5 Å². The van der Waals surface area contributed by atoms with Gasteiger partial charge in [-0.25, -0.2) is 16.8 Å². The Kier molecular flexibility index (Phi) is 20.4. The number of carbonyl (C=O) groups excluding carboxylic acids is 4. The van der Waals surface area contributed by atoms with Crippen molar-refractivity contribution in [3.63, 3.8) is 0 Å². The van der Waals surface area contributed by atoms with Gasteiger partial charge in [0.1, 0.15) is 23.6 Å². The summed E-state index contributed by atoms with van der Waals surface area (Å²) < 4.78 is 68.8. The van der Waals surface area contributed by atoms with Crippen molar-refractivity contribution in [3.05, 3.63) is 168 Å². The van der Waals surface area contributed by atoms with E-state index in [0.29, 0.717) is 11.1 Å². The van der Waals surface area contributed by atoms with Crippen molar-refractivity contribution in [3.8, 4) is 0 Å². The van der Waals surface area contributed by atoms with Gasteiger partial charge in [0.05, 0.1) is 32.8 Å². The number of carbonyl (C=O) groups is 4. The second-order valence-electron chi connectivity index (χ2n) is 23.6. The second-order valence-corrected chi connectivity index (χ2v) is 31.9. The lowest BCUT2D eigenvalue weighted by molar-refractivity contribution is -0.132. The Morgan fingerprint density at radius 3 is 1.32 bits per heavy atom. The molecule has 7 atom stereocenters. The van der Waals surface area contributed by atoms with E-state index >= 15 is 4.57 Å². The molecule has 14 nitrogen and oxygen atoms in total. The summed E-state index contributed by atoms with van der Waals surface area (Å²) in [5, 5.41) is 15.3. The Morgan fingerprint density at radius 2 is 0.861 bits per heavy atom. The number of nitrogens with one attached hydrogen (secondary N) is 4. The van der Waals surface area contributed by atoms with Crippen LogP contribution in [0.4, 0.5) is 0 Å². The van der Waals surface area contributed by atoms with Crippen LogP contribution < -0.4 is 26.8 Å². The highest BCUT2D eigenvalue weighted by atomic mass is 32.2. The maximum absolute atomic E-state index is 15.9. The van der Waals surface area contributed by atoms with Gasteiger partial charge in [0.15, 0.2) is 27.0 Å². The van der Waals surface area contributed by atoms with Crippen LogP contribution in [0.25, 0.3) is 21.5 Å². The van der Waals surface area contributed by atoms with E-state index < -0.39 is 119 Å². The lowest BCUT2D eigenvalue weighted by Gasteiger charge is -2.35. The fourth-order valence-corrected chi connectivity index (χ4v) is 14.2. The standard InChI is InChI=1S/C62H80N5O9PS2/c1-41(2)55(66-57(68)50(39-78(73,74)61(5,6)7)35-45-32-33-46-26-17-18-28-48(46)34-45)59(70)64-53(36-43-22-13-11-14-23-43)77(63,72)54(37-44-24-15-12-16-25-44)65-60(71)56(42(3)4)67-58(69)51(40-79(75,76)62(8,9)10)38-49-30-21-29-47-27-19-20-31-52(47)49/h11-34,41-42,50-51,53-56H,35-40H2,1-10H3,(H2,63,72)(H,64,70)(H,65,71)(H,66,68)(H,67,69)/t50-,51+,53-,54-,55+,56+,77?/m1/s1. The van der Waals surface area contributed by atoms with Gasteiger partial charge in [-0.15, -0.1) is 0 Å². The summed E-state index contributed by atoms with van der Waals surface area (Å²) in [6.07, 6.45) is 0.00397. The normalized spacial score (nSPS) is 15.6. The number of fused-ring (bicyclic) bond motifs is 2. The molecule has 0 heterocycles. The molecular weight excluding hydrogens is 1050 g/mol. The molecule has 0 fully saturated rings. The van der Waals surface area contributed by atoms with Crippen LogP contribution in [0.5, 0.6) is 0 Å². The van der Waals surface area contributed by atoms with Crippen molar-refractivity contribution in [2.75, 3.05) is 11.5 Å². The molecule has 17 heteroatoms. The van der Waals surface area contributed by atoms with Gasteiger partial charge in [0, 0.05) is 12.8 Å². The molecule has 0 aromatic heterocycles. The summed E-state index contributed by atoms with van der Waals surface area (Å²) in [4.78, 5) is 59.1. The van der Waals surface area contributed by atoms with E-state index in [1.807, 2.05) is 97.1 Å². The van der Waals surface area contributed by atoms with Crippen LogP contribution in [-0.2, 0) is 69.1 Å². The average Bonchev–Trinajstić information content (AvgIpc) is 3.41. The van der Waals surface area contributed by atoms with Gasteiger partial charge in [0.25, 0.3) is 0 Å². The van der Waals surface area contributed by atoms with Crippen LogP contribution in [0.2, 0.25) is 0 Å². The van der Waals surface area contributed by atoms with Crippen molar-refractivity contribution in [1.82, 2.24) is 21.3 Å². The van der Waals surface area contributed by atoms with Gasteiger partial charge in [0.2, 0.25) is 23.6 Å². The molecule has 4 amide bonds. The first-order valence-electron chi connectivity index (χ1n) is 27.0. The quantitative estimate of drug-likeness (QED) is 0.0361. The predicted octanol–water partition coefficient (Wildman–Crippen LogP) is 9.33. The first kappa shape index (κ1) is 62.0. The first-order chi connectivity index (χ1) is 37.0. The molecule has 0 bridgehead atoms. The summed E-state index contributed by atoms with van der Waals surface area (Å²) in [5.41, 5.74) is 9.96. The Balaban J connectivity index is 1.32. The van der Waals surface area contributed by atoms with Gasteiger partial charge in [-0.2, -0.15) is 0 Å². The minimum Gasteiger partial charge on any atom is -0.344 e.